The van der Waals surface area contributed by atoms with E-state index >= 15 is 0 Å². The minimum absolute atomic E-state index is 0.0672. The molecule has 0 spiro atoms. The molecular formula is C20H18N2O4S2. The van der Waals surface area contributed by atoms with Gasteiger partial charge in [-0.25, -0.2) is 13.1 Å². The van der Waals surface area contributed by atoms with Gasteiger partial charge in [-0.15, -0.1) is 0 Å². The van der Waals surface area contributed by atoms with Crippen molar-refractivity contribution in [1.29, 1.82) is 0 Å². The quantitative estimate of drug-likeness (QED) is 0.430. The van der Waals surface area contributed by atoms with Gasteiger partial charge in [-0.1, -0.05) is 30.0 Å². The highest BCUT2D eigenvalue weighted by molar-refractivity contribution is 8.02. The van der Waals surface area contributed by atoms with Gasteiger partial charge in [0.1, 0.15) is 5.76 Å². The molecular weight excluding hydrogens is 396 g/mol. The van der Waals surface area contributed by atoms with Crippen molar-refractivity contribution in [3.63, 3.8) is 0 Å². The van der Waals surface area contributed by atoms with Gasteiger partial charge in [-0.3, -0.25) is 4.79 Å². The van der Waals surface area contributed by atoms with Gasteiger partial charge in [0.15, 0.2) is 0 Å². The Morgan fingerprint density at radius 3 is 2.43 bits per heavy atom. The van der Waals surface area contributed by atoms with E-state index in [0.29, 0.717) is 11.4 Å². The number of carbonyl (C=O) groups excluding carboxylic acids is 1. The molecule has 1 heterocycles. The third-order valence-electron chi connectivity index (χ3n) is 3.62. The van der Waals surface area contributed by atoms with Crippen LogP contribution in [-0.2, 0) is 21.4 Å². The Kier molecular flexibility index (Phi) is 6.70. The molecule has 1 amide bonds. The van der Waals surface area contributed by atoms with E-state index in [2.05, 4.69) is 10.0 Å². The van der Waals surface area contributed by atoms with Crippen molar-refractivity contribution < 1.29 is 17.6 Å². The Morgan fingerprint density at radius 2 is 1.75 bits per heavy atom. The minimum Gasteiger partial charge on any atom is -0.468 e. The first-order valence-corrected chi connectivity index (χ1v) is 10.7. The smallest absolute Gasteiger partial charge is 0.248 e. The van der Waals surface area contributed by atoms with Crippen LogP contribution in [0.3, 0.4) is 0 Å². The molecule has 0 fully saturated rings. The molecule has 0 aliphatic carbocycles. The van der Waals surface area contributed by atoms with Crippen LogP contribution in [0.25, 0.3) is 0 Å². The molecule has 8 heteroatoms. The molecule has 144 valence electrons. The number of hydrogen-bond donors (Lipinski definition) is 2. The van der Waals surface area contributed by atoms with Gasteiger partial charge in [-0.2, -0.15) is 0 Å². The summed E-state index contributed by atoms with van der Waals surface area (Å²) in [7, 11) is -3.67. The summed E-state index contributed by atoms with van der Waals surface area (Å²) in [6.07, 6.45) is 2.90. The van der Waals surface area contributed by atoms with E-state index in [1.54, 1.807) is 17.5 Å². The van der Waals surface area contributed by atoms with Crippen LogP contribution in [0.2, 0.25) is 0 Å². The topological polar surface area (TPSA) is 88.4 Å². The van der Waals surface area contributed by atoms with Crippen LogP contribution in [0.15, 0.2) is 98.7 Å². The molecule has 0 radical (unpaired) electrons. The summed E-state index contributed by atoms with van der Waals surface area (Å²) in [5.41, 5.74) is 0.504. The largest absolute Gasteiger partial charge is 0.468 e. The standard InChI is InChI=1S/C20H18N2O4S2/c23-20(12-14-27-18-6-2-1-3-7-18)22-16-8-10-19(11-9-16)28(24,25)21-15-17-5-4-13-26-17/h1-14,21H,15H2,(H,22,23)/b14-12+. The first-order valence-electron chi connectivity index (χ1n) is 8.34. The SMILES string of the molecule is O=C(/C=C/Sc1ccccc1)Nc1ccc(S(=O)(=O)NCc2ccco2)cc1. The van der Waals surface area contributed by atoms with E-state index in [9.17, 15) is 13.2 Å². The molecule has 1 aromatic heterocycles. The molecule has 0 saturated carbocycles. The summed E-state index contributed by atoms with van der Waals surface area (Å²) in [6, 6.07) is 19.0. The number of sulfonamides is 1. The van der Waals surface area contributed by atoms with E-state index in [0.717, 1.165) is 4.90 Å². The molecule has 0 unspecified atom stereocenters. The summed E-state index contributed by atoms with van der Waals surface area (Å²) in [5.74, 6) is 0.225. The maximum absolute atomic E-state index is 12.3. The van der Waals surface area contributed by atoms with Crippen LogP contribution < -0.4 is 10.0 Å². The zero-order chi connectivity index (χ0) is 19.8. The average Bonchev–Trinajstić information content (AvgIpc) is 3.21. The third kappa shape index (κ3) is 5.85. The van der Waals surface area contributed by atoms with Crippen LogP contribution in [0.1, 0.15) is 5.76 Å². The number of carbonyl (C=O) groups is 1. The van der Waals surface area contributed by atoms with Gasteiger partial charge >= 0.3 is 0 Å². The van der Waals surface area contributed by atoms with Gasteiger partial charge in [0.05, 0.1) is 17.7 Å². The molecule has 2 aromatic carbocycles. The highest BCUT2D eigenvalue weighted by Gasteiger charge is 2.14. The average molecular weight is 415 g/mol. The number of nitrogens with one attached hydrogen (secondary N) is 2. The fourth-order valence-electron chi connectivity index (χ4n) is 2.24. The van der Waals surface area contributed by atoms with Crippen LogP contribution in [0.4, 0.5) is 5.69 Å². The number of anilines is 1. The number of thioether (sulfide) groups is 1. The summed E-state index contributed by atoms with van der Waals surface area (Å²) in [6.45, 7) is 0.0672. The van der Waals surface area contributed by atoms with Crippen molar-refractivity contribution in [1.82, 2.24) is 4.72 Å². The lowest BCUT2D eigenvalue weighted by molar-refractivity contribution is -0.111. The molecule has 6 nitrogen and oxygen atoms in total. The molecule has 0 aliphatic heterocycles. The van der Waals surface area contributed by atoms with Gasteiger partial charge in [-0.05, 0) is 53.9 Å². The molecule has 0 atom stereocenters. The predicted octanol–water partition coefficient (Wildman–Crippen LogP) is 4.00. The molecule has 0 saturated heterocycles. The second-order valence-electron chi connectivity index (χ2n) is 5.65. The summed E-state index contributed by atoms with van der Waals surface area (Å²) < 4.78 is 32.1. The van der Waals surface area contributed by atoms with Crippen molar-refractivity contribution in [3.8, 4) is 0 Å². The summed E-state index contributed by atoms with van der Waals surface area (Å²) in [4.78, 5) is 13.1. The Balaban J connectivity index is 1.54. The molecule has 0 aliphatic rings. The molecule has 28 heavy (non-hydrogen) atoms. The highest BCUT2D eigenvalue weighted by Crippen LogP contribution is 2.18. The van der Waals surface area contributed by atoms with Crippen molar-refractivity contribution in [3.05, 3.63) is 90.2 Å². The van der Waals surface area contributed by atoms with Crippen molar-refractivity contribution in [2.75, 3.05) is 5.32 Å². The van der Waals surface area contributed by atoms with Crippen molar-refractivity contribution in [2.24, 2.45) is 0 Å². The Morgan fingerprint density at radius 1 is 1.00 bits per heavy atom. The zero-order valence-corrected chi connectivity index (χ0v) is 16.4. The molecule has 0 bridgehead atoms. The normalized spacial score (nSPS) is 11.6. The second-order valence-corrected chi connectivity index (χ2v) is 8.40. The molecule has 3 rings (SSSR count). The van der Waals surface area contributed by atoms with Gasteiger partial charge in [0.25, 0.3) is 0 Å². The lowest BCUT2D eigenvalue weighted by atomic mass is 10.3. The number of hydrogen-bond acceptors (Lipinski definition) is 5. The maximum Gasteiger partial charge on any atom is 0.248 e. The predicted molar refractivity (Wildman–Crippen MR) is 109 cm³/mol. The maximum atomic E-state index is 12.3. The lowest BCUT2D eigenvalue weighted by Crippen LogP contribution is -2.23. The van der Waals surface area contributed by atoms with Gasteiger partial charge in [0.2, 0.25) is 15.9 Å². The van der Waals surface area contributed by atoms with E-state index in [-0.39, 0.29) is 17.3 Å². The lowest BCUT2D eigenvalue weighted by Gasteiger charge is -2.07. The fraction of sp³-hybridized carbons (Fsp3) is 0.0500. The number of rotatable bonds is 8. The molecule has 2 N–H and O–H groups in total. The first-order chi connectivity index (χ1) is 13.5. The van der Waals surface area contributed by atoms with Crippen LogP contribution in [-0.4, -0.2) is 14.3 Å². The molecule has 3 aromatic rings. The minimum atomic E-state index is -3.67. The number of furan rings is 1. The van der Waals surface area contributed by atoms with Crippen LogP contribution in [0, 0.1) is 0 Å². The summed E-state index contributed by atoms with van der Waals surface area (Å²) in [5, 5.41) is 4.39. The van der Waals surface area contributed by atoms with Crippen molar-refractivity contribution in [2.45, 2.75) is 16.3 Å². The first kappa shape index (κ1) is 19.9. The van der Waals surface area contributed by atoms with E-state index in [4.69, 9.17) is 4.42 Å². The van der Waals surface area contributed by atoms with E-state index in [1.165, 1.54) is 48.4 Å². The monoisotopic (exact) mass is 414 g/mol. The van der Waals surface area contributed by atoms with Crippen LogP contribution in [0.5, 0.6) is 0 Å². The van der Waals surface area contributed by atoms with Gasteiger partial charge in [0, 0.05) is 16.7 Å². The fourth-order valence-corrected chi connectivity index (χ4v) is 3.89. The van der Waals surface area contributed by atoms with E-state index in [1.807, 2.05) is 30.3 Å². The highest BCUT2D eigenvalue weighted by atomic mass is 32.2. The Bertz CT molecular complexity index is 1030. The third-order valence-corrected chi connectivity index (χ3v) is 5.85. The van der Waals surface area contributed by atoms with Gasteiger partial charge < -0.3 is 9.73 Å². The number of benzene rings is 2. The zero-order valence-electron chi connectivity index (χ0n) is 14.7. The second kappa shape index (κ2) is 9.41. The number of amides is 1. The van der Waals surface area contributed by atoms with Crippen molar-refractivity contribution >= 4 is 33.4 Å². The Labute approximate surface area is 167 Å². The van der Waals surface area contributed by atoms with E-state index < -0.39 is 10.0 Å². The summed E-state index contributed by atoms with van der Waals surface area (Å²) >= 11 is 1.43. The Hall–Kier alpha value is -2.81. The van der Waals surface area contributed by atoms with Crippen LogP contribution >= 0.6 is 11.8 Å².